The summed E-state index contributed by atoms with van der Waals surface area (Å²) in [6.07, 6.45) is 0.753. The lowest BCUT2D eigenvalue weighted by Gasteiger charge is -2.09. The van der Waals surface area contributed by atoms with Crippen molar-refractivity contribution in [3.05, 3.63) is 53.6 Å². The van der Waals surface area contributed by atoms with Gasteiger partial charge in [0, 0.05) is 12.1 Å². The minimum Gasteiger partial charge on any atom is -0.493 e. The van der Waals surface area contributed by atoms with Gasteiger partial charge in [0.15, 0.2) is 0 Å². The highest BCUT2D eigenvalue weighted by molar-refractivity contribution is 7.92. The lowest BCUT2D eigenvalue weighted by atomic mass is 10.2. The molecule has 1 heterocycles. The predicted molar refractivity (Wildman–Crippen MR) is 77.6 cm³/mol. The van der Waals surface area contributed by atoms with Gasteiger partial charge in [-0.15, -0.1) is 0 Å². The Morgan fingerprint density at radius 2 is 1.85 bits per heavy atom. The molecule has 0 bridgehead atoms. The molecule has 1 N–H and O–H groups in total. The molecule has 0 amide bonds. The van der Waals surface area contributed by atoms with Gasteiger partial charge in [-0.25, -0.2) is 8.42 Å². The molecule has 4 nitrogen and oxygen atoms in total. The van der Waals surface area contributed by atoms with Crippen molar-refractivity contribution in [2.45, 2.75) is 18.2 Å². The van der Waals surface area contributed by atoms with E-state index in [2.05, 4.69) is 4.72 Å². The molecule has 0 fully saturated rings. The van der Waals surface area contributed by atoms with Gasteiger partial charge in [0.05, 0.1) is 11.5 Å². The van der Waals surface area contributed by atoms with Gasteiger partial charge < -0.3 is 4.74 Å². The highest BCUT2D eigenvalue weighted by Crippen LogP contribution is 2.28. The number of rotatable bonds is 3. The fourth-order valence-electron chi connectivity index (χ4n) is 2.17. The normalized spacial score (nSPS) is 13.7. The summed E-state index contributed by atoms with van der Waals surface area (Å²) in [4.78, 5) is 0.266. The van der Waals surface area contributed by atoms with Crippen LogP contribution in [0.1, 0.15) is 11.1 Å². The Morgan fingerprint density at radius 1 is 1.10 bits per heavy atom. The van der Waals surface area contributed by atoms with Crippen molar-refractivity contribution in [2.75, 3.05) is 11.3 Å². The number of nitrogens with one attached hydrogen (secondary N) is 1. The second-order valence-electron chi connectivity index (χ2n) is 4.84. The van der Waals surface area contributed by atoms with Crippen LogP contribution in [0.15, 0.2) is 47.4 Å². The van der Waals surface area contributed by atoms with E-state index in [1.807, 2.05) is 19.1 Å². The number of sulfonamides is 1. The Kier molecular flexibility index (Phi) is 3.14. The van der Waals surface area contributed by atoms with E-state index in [-0.39, 0.29) is 4.90 Å². The van der Waals surface area contributed by atoms with Crippen LogP contribution in [0, 0.1) is 6.92 Å². The van der Waals surface area contributed by atoms with Gasteiger partial charge in [-0.2, -0.15) is 0 Å². The lowest BCUT2D eigenvalue weighted by molar-refractivity contribution is 0.356. The van der Waals surface area contributed by atoms with Crippen molar-refractivity contribution < 1.29 is 13.2 Å². The molecule has 0 saturated heterocycles. The predicted octanol–water partition coefficient (Wildman–Crippen LogP) is 2.73. The first-order valence-electron chi connectivity index (χ1n) is 6.40. The molecule has 1 aliphatic rings. The Hall–Kier alpha value is -2.01. The number of hydrogen-bond donors (Lipinski definition) is 1. The third-order valence-electron chi connectivity index (χ3n) is 3.28. The topological polar surface area (TPSA) is 55.4 Å². The van der Waals surface area contributed by atoms with E-state index in [0.29, 0.717) is 12.3 Å². The largest absolute Gasteiger partial charge is 0.493 e. The second-order valence-corrected chi connectivity index (χ2v) is 6.52. The maximum atomic E-state index is 12.3. The second kappa shape index (κ2) is 4.83. The van der Waals surface area contributed by atoms with E-state index in [9.17, 15) is 8.42 Å². The molecule has 0 saturated carbocycles. The van der Waals surface area contributed by atoms with Crippen LogP contribution in [0.25, 0.3) is 0 Å². The summed E-state index contributed by atoms with van der Waals surface area (Å²) in [7, 11) is -3.55. The van der Waals surface area contributed by atoms with Gasteiger partial charge >= 0.3 is 0 Å². The van der Waals surface area contributed by atoms with Crippen LogP contribution in [0.4, 0.5) is 5.69 Å². The van der Waals surface area contributed by atoms with E-state index in [4.69, 9.17) is 4.74 Å². The maximum Gasteiger partial charge on any atom is 0.261 e. The number of aryl methyl sites for hydroxylation is 1. The number of ether oxygens (including phenoxy) is 1. The first-order chi connectivity index (χ1) is 9.54. The quantitative estimate of drug-likeness (QED) is 0.945. The van der Waals surface area contributed by atoms with E-state index < -0.39 is 10.0 Å². The molecule has 1 aliphatic heterocycles. The van der Waals surface area contributed by atoms with E-state index in [0.717, 1.165) is 23.3 Å². The molecule has 0 aromatic heterocycles. The van der Waals surface area contributed by atoms with Crippen LogP contribution < -0.4 is 9.46 Å². The zero-order chi connectivity index (χ0) is 14.2. The Morgan fingerprint density at radius 3 is 2.60 bits per heavy atom. The summed E-state index contributed by atoms with van der Waals surface area (Å²) in [5, 5.41) is 0. The molecule has 3 rings (SSSR count). The van der Waals surface area contributed by atoms with Crippen molar-refractivity contribution in [1.82, 2.24) is 0 Å². The first kappa shape index (κ1) is 13.0. The van der Waals surface area contributed by atoms with Gasteiger partial charge in [0.2, 0.25) is 0 Å². The summed E-state index contributed by atoms with van der Waals surface area (Å²) in [6, 6.07) is 12.2. The monoisotopic (exact) mass is 289 g/mol. The Balaban J connectivity index is 1.90. The molecule has 0 spiro atoms. The molecule has 20 heavy (non-hydrogen) atoms. The van der Waals surface area contributed by atoms with Gasteiger partial charge in [0.25, 0.3) is 10.0 Å². The van der Waals surface area contributed by atoms with Crippen LogP contribution in [-0.4, -0.2) is 15.0 Å². The van der Waals surface area contributed by atoms with Crippen molar-refractivity contribution in [1.29, 1.82) is 0 Å². The molecule has 0 radical (unpaired) electrons. The molecule has 2 aromatic rings. The SMILES string of the molecule is Cc1ccc(NS(=O)(=O)c2ccc3c(c2)CCO3)cc1. The summed E-state index contributed by atoms with van der Waals surface area (Å²) in [5.74, 6) is 0.777. The third-order valence-corrected chi connectivity index (χ3v) is 4.65. The summed E-state index contributed by atoms with van der Waals surface area (Å²) in [5.41, 5.74) is 2.59. The smallest absolute Gasteiger partial charge is 0.261 e. The molecule has 2 aromatic carbocycles. The molecule has 104 valence electrons. The highest BCUT2D eigenvalue weighted by Gasteiger charge is 2.19. The standard InChI is InChI=1S/C15H15NO3S/c1-11-2-4-13(5-3-11)16-20(17,18)14-6-7-15-12(10-14)8-9-19-15/h2-7,10,16H,8-9H2,1H3. The lowest BCUT2D eigenvalue weighted by Crippen LogP contribution is -2.13. The van der Waals surface area contributed by atoms with Gasteiger partial charge in [-0.3, -0.25) is 4.72 Å². The van der Waals surface area contributed by atoms with E-state index in [1.165, 1.54) is 0 Å². The van der Waals surface area contributed by atoms with E-state index in [1.54, 1.807) is 30.3 Å². The number of fused-ring (bicyclic) bond motifs is 1. The molecular weight excluding hydrogens is 274 g/mol. The van der Waals surface area contributed by atoms with Gasteiger partial charge in [0.1, 0.15) is 5.75 Å². The van der Waals surface area contributed by atoms with Crippen molar-refractivity contribution in [2.24, 2.45) is 0 Å². The molecular formula is C15H15NO3S. The van der Waals surface area contributed by atoms with Gasteiger partial charge in [-0.05, 0) is 42.8 Å². The summed E-state index contributed by atoms with van der Waals surface area (Å²) >= 11 is 0. The number of anilines is 1. The fraction of sp³-hybridized carbons (Fsp3) is 0.200. The van der Waals surface area contributed by atoms with Crippen LogP contribution >= 0.6 is 0 Å². The average Bonchev–Trinajstić information content (AvgIpc) is 2.88. The first-order valence-corrected chi connectivity index (χ1v) is 7.88. The maximum absolute atomic E-state index is 12.3. The van der Waals surface area contributed by atoms with Crippen LogP contribution in [0.2, 0.25) is 0 Å². The van der Waals surface area contributed by atoms with Crippen molar-refractivity contribution in [3.63, 3.8) is 0 Å². The molecule has 0 atom stereocenters. The van der Waals surface area contributed by atoms with Crippen molar-refractivity contribution >= 4 is 15.7 Å². The zero-order valence-corrected chi connectivity index (χ0v) is 11.9. The Labute approximate surface area is 118 Å². The number of hydrogen-bond acceptors (Lipinski definition) is 3. The third kappa shape index (κ3) is 2.49. The average molecular weight is 289 g/mol. The van der Waals surface area contributed by atoms with Crippen LogP contribution in [-0.2, 0) is 16.4 Å². The summed E-state index contributed by atoms with van der Waals surface area (Å²) in [6.45, 7) is 2.57. The molecule has 0 aliphatic carbocycles. The Bertz CT molecular complexity index is 736. The fourth-order valence-corrected chi connectivity index (χ4v) is 3.27. The van der Waals surface area contributed by atoms with Crippen LogP contribution in [0.3, 0.4) is 0 Å². The van der Waals surface area contributed by atoms with Crippen molar-refractivity contribution in [3.8, 4) is 5.75 Å². The van der Waals surface area contributed by atoms with Gasteiger partial charge in [-0.1, -0.05) is 17.7 Å². The van der Waals surface area contributed by atoms with E-state index >= 15 is 0 Å². The molecule has 5 heteroatoms. The number of benzene rings is 2. The molecule has 0 unspecified atom stereocenters. The minimum absolute atomic E-state index is 0.266. The zero-order valence-electron chi connectivity index (χ0n) is 11.1. The highest BCUT2D eigenvalue weighted by atomic mass is 32.2. The minimum atomic E-state index is -3.55. The van der Waals surface area contributed by atoms with Crippen LogP contribution in [0.5, 0.6) is 5.75 Å². The summed E-state index contributed by atoms with van der Waals surface area (Å²) < 4.78 is 32.6.